The third kappa shape index (κ3) is 3.13. The highest BCUT2D eigenvalue weighted by molar-refractivity contribution is 7.99. The van der Waals surface area contributed by atoms with Gasteiger partial charge in [-0.25, -0.2) is 0 Å². The molecule has 17 heavy (non-hydrogen) atoms. The Morgan fingerprint density at radius 2 is 2.12 bits per heavy atom. The Labute approximate surface area is 112 Å². The summed E-state index contributed by atoms with van der Waals surface area (Å²) < 4.78 is 0. The number of thiocarbonyl (C=S) groups is 1. The van der Waals surface area contributed by atoms with Crippen LogP contribution in [0.15, 0.2) is 18.2 Å². The Hall–Kier alpha value is -0.740. The molecule has 1 heterocycles. The van der Waals surface area contributed by atoms with E-state index in [1.165, 1.54) is 29.9 Å². The molecule has 0 aliphatic carbocycles. The molecule has 0 aromatic heterocycles. The monoisotopic (exact) mass is 266 g/mol. The molecule has 4 heteroatoms. The van der Waals surface area contributed by atoms with E-state index in [1.54, 1.807) is 0 Å². The maximum atomic E-state index is 5.78. The van der Waals surface area contributed by atoms with Gasteiger partial charge < -0.3 is 11.1 Å². The van der Waals surface area contributed by atoms with Crippen molar-refractivity contribution in [2.75, 3.05) is 16.8 Å². The summed E-state index contributed by atoms with van der Waals surface area (Å²) in [5.74, 6) is 2.48. The summed E-state index contributed by atoms with van der Waals surface area (Å²) in [5, 5.41) is 3.62. The molecule has 0 saturated carbocycles. The molecule has 1 aliphatic rings. The number of anilines is 1. The van der Waals surface area contributed by atoms with Gasteiger partial charge in [0, 0.05) is 17.3 Å². The quantitative estimate of drug-likeness (QED) is 0.825. The van der Waals surface area contributed by atoms with Crippen LogP contribution < -0.4 is 11.1 Å². The molecule has 0 amide bonds. The minimum absolute atomic E-state index is 0.474. The molecule has 0 atom stereocenters. The van der Waals surface area contributed by atoms with Crippen LogP contribution in [0.4, 0.5) is 5.69 Å². The Morgan fingerprint density at radius 1 is 1.41 bits per heavy atom. The van der Waals surface area contributed by atoms with Gasteiger partial charge in [0.05, 0.1) is 0 Å². The van der Waals surface area contributed by atoms with Crippen molar-refractivity contribution < 1.29 is 0 Å². The van der Waals surface area contributed by atoms with E-state index in [2.05, 4.69) is 18.3 Å². The van der Waals surface area contributed by atoms with Crippen LogP contribution in [0.25, 0.3) is 0 Å². The normalized spacial score (nSPS) is 16.8. The maximum absolute atomic E-state index is 5.78. The van der Waals surface area contributed by atoms with E-state index in [4.69, 9.17) is 18.0 Å². The highest BCUT2D eigenvalue weighted by Gasteiger charge is 2.16. The van der Waals surface area contributed by atoms with E-state index in [0.29, 0.717) is 11.0 Å². The zero-order chi connectivity index (χ0) is 12.3. The number of rotatable bonds is 3. The van der Waals surface area contributed by atoms with Crippen LogP contribution in [0.1, 0.15) is 24.0 Å². The van der Waals surface area contributed by atoms with Crippen LogP contribution in [-0.2, 0) is 0 Å². The van der Waals surface area contributed by atoms with Crippen LogP contribution in [0.5, 0.6) is 0 Å². The lowest BCUT2D eigenvalue weighted by Gasteiger charge is -2.25. The highest BCUT2D eigenvalue weighted by Crippen LogP contribution is 2.25. The number of hydrogen-bond donors (Lipinski definition) is 2. The van der Waals surface area contributed by atoms with Gasteiger partial charge in [0.25, 0.3) is 0 Å². The number of thioether (sulfide) groups is 1. The molecule has 1 fully saturated rings. The minimum atomic E-state index is 0.474. The van der Waals surface area contributed by atoms with Crippen LogP contribution >= 0.6 is 24.0 Å². The molecule has 1 aromatic carbocycles. The summed E-state index contributed by atoms with van der Waals surface area (Å²) in [6.45, 7) is 2.10. The van der Waals surface area contributed by atoms with Gasteiger partial charge in [0.15, 0.2) is 0 Å². The van der Waals surface area contributed by atoms with E-state index in [1.807, 2.05) is 23.9 Å². The van der Waals surface area contributed by atoms with Crippen LogP contribution in [0.3, 0.4) is 0 Å². The lowest BCUT2D eigenvalue weighted by molar-refractivity contribution is 0.666. The molecular weight excluding hydrogens is 248 g/mol. The fraction of sp³-hybridized carbons (Fsp3) is 0.462. The van der Waals surface area contributed by atoms with Gasteiger partial charge >= 0.3 is 0 Å². The Kier molecular flexibility index (Phi) is 4.29. The first-order valence-electron chi connectivity index (χ1n) is 5.92. The molecular formula is C13H18N2S2. The zero-order valence-electron chi connectivity index (χ0n) is 10.0. The second-order valence-electron chi connectivity index (χ2n) is 4.39. The largest absolute Gasteiger partial charge is 0.389 e. The first-order chi connectivity index (χ1) is 8.18. The Morgan fingerprint density at radius 3 is 2.76 bits per heavy atom. The predicted octanol–water partition coefficient (Wildman–Crippen LogP) is 2.94. The smallest absolute Gasteiger partial charge is 0.106 e. The second-order valence-corrected chi connectivity index (χ2v) is 6.06. The summed E-state index contributed by atoms with van der Waals surface area (Å²) in [4.78, 5) is 0.474. The van der Waals surface area contributed by atoms with Gasteiger partial charge in [-0.15, -0.1) is 0 Å². The van der Waals surface area contributed by atoms with E-state index < -0.39 is 0 Å². The average Bonchev–Trinajstić information content (AvgIpc) is 2.33. The molecule has 2 rings (SSSR count). The van der Waals surface area contributed by atoms with Gasteiger partial charge in [0.2, 0.25) is 0 Å². The van der Waals surface area contributed by atoms with Gasteiger partial charge in [-0.1, -0.05) is 24.4 Å². The van der Waals surface area contributed by atoms with Crippen molar-refractivity contribution in [2.24, 2.45) is 5.73 Å². The van der Waals surface area contributed by atoms with Crippen molar-refractivity contribution in [3.63, 3.8) is 0 Å². The SMILES string of the molecule is Cc1cccc(C(N)=S)c1NC1CCSCC1. The second kappa shape index (κ2) is 5.74. The van der Waals surface area contributed by atoms with Crippen molar-refractivity contribution in [2.45, 2.75) is 25.8 Å². The van der Waals surface area contributed by atoms with Crippen LogP contribution in [0.2, 0.25) is 0 Å². The average molecular weight is 266 g/mol. The molecule has 92 valence electrons. The van der Waals surface area contributed by atoms with Crippen molar-refractivity contribution in [3.05, 3.63) is 29.3 Å². The summed E-state index contributed by atoms with van der Waals surface area (Å²) >= 11 is 7.14. The van der Waals surface area contributed by atoms with E-state index in [0.717, 1.165) is 11.3 Å². The zero-order valence-corrected chi connectivity index (χ0v) is 11.7. The van der Waals surface area contributed by atoms with Gasteiger partial charge in [-0.2, -0.15) is 11.8 Å². The van der Waals surface area contributed by atoms with Crippen molar-refractivity contribution >= 4 is 34.7 Å². The van der Waals surface area contributed by atoms with E-state index in [-0.39, 0.29) is 0 Å². The van der Waals surface area contributed by atoms with E-state index >= 15 is 0 Å². The summed E-state index contributed by atoms with van der Waals surface area (Å²) in [5.41, 5.74) is 9.08. The number of aryl methyl sites for hydroxylation is 1. The lowest BCUT2D eigenvalue weighted by atomic mass is 10.1. The van der Waals surface area contributed by atoms with Gasteiger partial charge in [-0.3, -0.25) is 0 Å². The first kappa shape index (κ1) is 12.7. The fourth-order valence-corrected chi connectivity index (χ4v) is 3.39. The maximum Gasteiger partial charge on any atom is 0.106 e. The molecule has 3 N–H and O–H groups in total. The molecule has 0 spiro atoms. The number of nitrogens with one attached hydrogen (secondary N) is 1. The molecule has 0 unspecified atom stereocenters. The molecule has 1 saturated heterocycles. The topological polar surface area (TPSA) is 38.0 Å². The Bertz CT molecular complexity index is 412. The third-order valence-corrected chi connectivity index (χ3v) is 4.38. The highest BCUT2D eigenvalue weighted by atomic mass is 32.2. The number of nitrogens with two attached hydrogens (primary N) is 1. The third-order valence-electron chi connectivity index (χ3n) is 3.11. The summed E-state index contributed by atoms with van der Waals surface area (Å²) in [6.07, 6.45) is 2.44. The first-order valence-corrected chi connectivity index (χ1v) is 7.48. The number of para-hydroxylation sites is 1. The van der Waals surface area contributed by atoms with Gasteiger partial charge in [0.1, 0.15) is 4.99 Å². The van der Waals surface area contributed by atoms with Crippen molar-refractivity contribution in [1.29, 1.82) is 0 Å². The number of benzene rings is 1. The van der Waals surface area contributed by atoms with Crippen molar-refractivity contribution in [3.8, 4) is 0 Å². The minimum Gasteiger partial charge on any atom is -0.389 e. The van der Waals surface area contributed by atoms with Crippen LogP contribution in [0, 0.1) is 6.92 Å². The van der Waals surface area contributed by atoms with Gasteiger partial charge in [-0.05, 0) is 42.9 Å². The summed E-state index contributed by atoms with van der Waals surface area (Å²) in [7, 11) is 0. The summed E-state index contributed by atoms with van der Waals surface area (Å²) in [6, 6.07) is 6.66. The molecule has 0 bridgehead atoms. The predicted molar refractivity (Wildman–Crippen MR) is 81.0 cm³/mol. The number of hydrogen-bond acceptors (Lipinski definition) is 3. The fourth-order valence-electron chi connectivity index (χ4n) is 2.11. The molecule has 1 aliphatic heterocycles. The lowest BCUT2D eigenvalue weighted by Crippen LogP contribution is -2.26. The molecule has 1 aromatic rings. The van der Waals surface area contributed by atoms with E-state index in [9.17, 15) is 0 Å². The van der Waals surface area contributed by atoms with Crippen molar-refractivity contribution in [1.82, 2.24) is 0 Å². The molecule has 0 radical (unpaired) electrons. The van der Waals surface area contributed by atoms with Crippen LogP contribution in [-0.4, -0.2) is 22.5 Å². The molecule has 2 nitrogen and oxygen atoms in total. The standard InChI is InChI=1S/C13H18N2S2/c1-9-3-2-4-11(13(14)16)12(9)15-10-5-7-17-8-6-10/h2-4,10,15H,5-8H2,1H3,(H2,14,16). The Balaban J connectivity index is 2.21.